The van der Waals surface area contributed by atoms with Crippen molar-refractivity contribution in [1.29, 1.82) is 0 Å². The van der Waals surface area contributed by atoms with E-state index in [1.165, 1.54) is 23.5 Å². The van der Waals surface area contributed by atoms with Crippen LogP contribution in [0.15, 0.2) is 48.0 Å². The number of nitro groups is 1. The van der Waals surface area contributed by atoms with E-state index in [1.807, 2.05) is 17.5 Å². The van der Waals surface area contributed by atoms with Gasteiger partial charge in [-0.2, -0.15) is 0 Å². The lowest BCUT2D eigenvalue weighted by Gasteiger charge is -2.13. The summed E-state index contributed by atoms with van der Waals surface area (Å²) in [6, 6.07) is 10.0. The molecule has 0 unspecified atom stereocenters. The summed E-state index contributed by atoms with van der Waals surface area (Å²) in [5, 5.41) is 16.7. The van der Waals surface area contributed by atoms with E-state index in [0.29, 0.717) is 11.5 Å². The number of thiazole rings is 1. The second-order valence-electron chi connectivity index (χ2n) is 4.99. The number of hydrogen-bond donors (Lipinski definition) is 1. The molecule has 0 aliphatic carbocycles. The Morgan fingerprint density at radius 2 is 2.00 bits per heavy atom. The molecule has 3 aromatic rings. The predicted octanol–water partition coefficient (Wildman–Crippen LogP) is 4.19. The number of nitro benzene ring substituents is 1. The highest BCUT2D eigenvalue weighted by molar-refractivity contribution is 7.13. The molecule has 0 spiro atoms. The van der Waals surface area contributed by atoms with Crippen LogP contribution >= 0.6 is 11.3 Å². The van der Waals surface area contributed by atoms with E-state index in [0.717, 1.165) is 21.9 Å². The summed E-state index contributed by atoms with van der Waals surface area (Å²) in [4.78, 5) is 14.7. The zero-order valence-corrected chi connectivity index (χ0v) is 13.1. The van der Waals surface area contributed by atoms with Gasteiger partial charge < -0.3 is 14.8 Å². The molecule has 0 saturated carbocycles. The third kappa shape index (κ3) is 2.52. The maximum absolute atomic E-state index is 10.9. The van der Waals surface area contributed by atoms with Crippen molar-refractivity contribution in [2.75, 3.05) is 12.1 Å². The number of nitrogens with zero attached hydrogens (tertiary/aromatic N) is 2. The van der Waals surface area contributed by atoms with Crippen LogP contribution in [0.5, 0.6) is 11.5 Å². The first-order valence-electron chi connectivity index (χ1n) is 7.06. The summed E-state index contributed by atoms with van der Waals surface area (Å²) in [5.41, 5.74) is 2.41. The number of fused-ring (bicyclic) bond motifs is 1. The zero-order chi connectivity index (χ0) is 16.5. The van der Waals surface area contributed by atoms with Crippen LogP contribution in [0.4, 0.5) is 16.5 Å². The average Bonchev–Trinajstić information content (AvgIpc) is 3.26. The normalized spacial score (nSPS) is 12.2. The first kappa shape index (κ1) is 14.5. The molecule has 0 fully saturated rings. The van der Waals surface area contributed by atoms with Gasteiger partial charge in [-0.05, 0) is 29.8 Å². The summed E-state index contributed by atoms with van der Waals surface area (Å²) in [7, 11) is 0. The van der Waals surface area contributed by atoms with Gasteiger partial charge in [-0.15, -0.1) is 11.3 Å². The lowest BCUT2D eigenvalue weighted by Crippen LogP contribution is -1.96. The second-order valence-corrected chi connectivity index (χ2v) is 5.88. The monoisotopic (exact) mass is 341 g/mol. The standard InChI is InChI=1S/C16H11N3O4S/c20-19(21)11-3-1-10(2-4-11)14-12(18-16-17-7-8-24-16)5-6-13-15(14)23-9-22-13/h1-8H,9H2,(H,17,18). The molecular weight excluding hydrogens is 330 g/mol. The van der Waals surface area contributed by atoms with Crippen molar-refractivity contribution in [2.45, 2.75) is 0 Å². The van der Waals surface area contributed by atoms with Crippen molar-refractivity contribution < 1.29 is 14.4 Å². The van der Waals surface area contributed by atoms with Crippen LogP contribution in [-0.2, 0) is 0 Å². The van der Waals surface area contributed by atoms with E-state index in [-0.39, 0.29) is 12.5 Å². The number of rotatable bonds is 4. The molecule has 8 heteroatoms. The summed E-state index contributed by atoms with van der Waals surface area (Å²) >= 11 is 1.48. The third-order valence-electron chi connectivity index (χ3n) is 3.58. The van der Waals surface area contributed by atoms with Gasteiger partial charge in [0.25, 0.3) is 5.69 Å². The van der Waals surface area contributed by atoms with E-state index in [9.17, 15) is 10.1 Å². The molecule has 0 saturated heterocycles. The van der Waals surface area contributed by atoms with Crippen LogP contribution in [0, 0.1) is 10.1 Å². The van der Waals surface area contributed by atoms with Crippen molar-refractivity contribution in [2.24, 2.45) is 0 Å². The van der Waals surface area contributed by atoms with Gasteiger partial charge in [0.1, 0.15) is 0 Å². The lowest BCUT2D eigenvalue weighted by atomic mass is 10.0. The van der Waals surface area contributed by atoms with E-state index in [4.69, 9.17) is 9.47 Å². The van der Waals surface area contributed by atoms with E-state index in [1.54, 1.807) is 18.3 Å². The Labute approximate surface area is 140 Å². The molecule has 2 aromatic carbocycles. The van der Waals surface area contributed by atoms with Gasteiger partial charge in [0.15, 0.2) is 16.6 Å². The minimum Gasteiger partial charge on any atom is -0.454 e. The van der Waals surface area contributed by atoms with Gasteiger partial charge in [-0.3, -0.25) is 10.1 Å². The predicted molar refractivity (Wildman–Crippen MR) is 90.1 cm³/mol. The molecule has 7 nitrogen and oxygen atoms in total. The van der Waals surface area contributed by atoms with E-state index in [2.05, 4.69) is 10.3 Å². The Bertz CT molecular complexity index is 894. The Kier molecular flexibility index (Phi) is 3.51. The molecule has 0 amide bonds. The minimum atomic E-state index is -0.423. The van der Waals surface area contributed by atoms with Crippen LogP contribution in [0.3, 0.4) is 0 Å². The van der Waals surface area contributed by atoms with Gasteiger partial charge in [-0.1, -0.05) is 0 Å². The highest BCUT2D eigenvalue weighted by atomic mass is 32.1. The molecule has 1 aliphatic rings. The minimum absolute atomic E-state index is 0.0397. The second kappa shape index (κ2) is 5.82. The molecule has 120 valence electrons. The highest BCUT2D eigenvalue weighted by Gasteiger charge is 2.23. The van der Waals surface area contributed by atoms with E-state index < -0.39 is 4.92 Å². The fraction of sp³-hybridized carbons (Fsp3) is 0.0625. The number of ether oxygens (including phenoxy) is 2. The van der Waals surface area contributed by atoms with Crippen molar-refractivity contribution in [1.82, 2.24) is 4.98 Å². The molecule has 4 rings (SSSR count). The number of anilines is 2. The molecule has 0 atom stereocenters. The van der Waals surface area contributed by atoms with Gasteiger partial charge in [-0.25, -0.2) is 4.98 Å². The van der Waals surface area contributed by atoms with E-state index >= 15 is 0 Å². The third-order valence-corrected chi connectivity index (χ3v) is 4.27. The number of benzene rings is 2. The van der Waals surface area contributed by atoms with Gasteiger partial charge in [0.05, 0.1) is 16.2 Å². The van der Waals surface area contributed by atoms with Crippen LogP contribution in [0.2, 0.25) is 0 Å². The number of nitrogens with one attached hydrogen (secondary N) is 1. The number of aromatic nitrogens is 1. The number of hydrogen-bond acceptors (Lipinski definition) is 7. The van der Waals surface area contributed by atoms with Crippen molar-refractivity contribution >= 4 is 27.8 Å². The Hall–Kier alpha value is -3.13. The highest BCUT2D eigenvalue weighted by Crippen LogP contribution is 2.46. The topological polar surface area (TPSA) is 86.5 Å². The van der Waals surface area contributed by atoms with Gasteiger partial charge >= 0.3 is 0 Å². The zero-order valence-electron chi connectivity index (χ0n) is 12.3. The Morgan fingerprint density at radius 3 is 2.71 bits per heavy atom. The Balaban J connectivity index is 1.82. The first-order valence-corrected chi connectivity index (χ1v) is 7.94. The summed E-state index contributed by atoms with van der Waals surface area (Å²) in [6.45, 7) is 0.149. The molecule has 0 radical (unpaired) electrons. The smallest absolute Gasteiger partial charge is 0.269 e. The SMILES string of the molecule is O=[N+]([O-])c1ccc(-c2c(Nc3nccs3)ccc3c2OCO3)cc1. The molecule has 1 aliphatic heterocycles. The Morgan fingerprint density at radius 1 is 1.17 bits per heavy atom. The largest absolute Gasteiger partial charge is 0.454 e. The molecular formula is C16H11N3O4S. The lowest BCUT2D eigenvalue weighted by molar-refractivity contribution is -0.384. The fourth-order valence-electron chi connectivity index (χ4n) is 2.51. The molecule has 1 N–H and O–H groups in total. The van der Waals surface area contributed by atoms with Crippen LogP contribution in [0.1, 0.15) is 0 Å². The first-order chi connectivity index (χ1) is 11.7. The molecule has 24 heavy (non-hydrogen) atoms. The maximum Gasteiger partial charge on any atom is 0.269 e. The van der Waals surface area contributed by atoms with Crippen molar-refractivity contribution in [3.05, 3.63) is 58.1 Å². The fourth-order valence-corrected chi connectivity index (χ4v) is 3.05. The van der Waals surface area contributed by atoms with Gasteiger partial charge in [0, 0.05) is 23.7 Å². The molecule has 1 aromatic heterocycles. The average molecular weight is 341 g/mol. The summed E-state index contributed by atoms with van der Waals surface area (Å²) in [6.07, 6.45) is 1.71. The van der Waals surface area contributed by atoms with Crippen molar-refractivity contribution in [3.8, 4) is 22.6 Å². The summed E-state index contributed by atoms with van der Waals surface area (Å²) < 4.78 is 11.0. The maximum atomic E-state index is 10.9. The molecule has 2 heterocycles. The summed E-state index contributed by atoms with van der Waals surface area (Å²) in [5.74, 6) is 1.26. The quantitative estimate of drug-likeness (QED) is 0.565. The van der Waals surface area contributed by atoms with Crippen LogP contribution in [-0.4, -0.2) is 16.7 Å². The van der Waals surface area contributed by atoms with Crippen LogP contribution < -0.4 is 14.8 Å². The van der Waals surface area contributed by atoms with Crippen LogP contribution in [0.25, 0.3) is 11.1 Å². The van der Waals surface area contributed by atoms with Gasteiger partial charge in [0.2, 0.25) is 6.79 Å². The number of non-ortho nitro benzene ring substituents is 1. The van der Waals surface area contributed by atoms with Crippen molar-refractivity contribution in [3.63, 3.8) is 0 Å². The molecule has 0 bridgehead atoms.